The zero-order valence-corrected chi connectivity index (χ0v) is 16.6. The molecule has 1 aromatic carbocycles. The first-order valence-corrected chi connectivity index (χ1v) is 9.69. The van der Waals surface area contributed by atoms with Gasteiger partial charge in [0.05, 0.1) is 11.5 Å². The van der Waals surface area contributed by atoms with Gasteiger partial charge in [-0.15, -0.1) is 10.2 Å². The average Bonchev–Trinajstić information content (AvgIpc) is 3.43. The highest BCUT2D eigenvalue weighted by Gasteiger charge is 2.21. The molecular weight excluding hydrogens is 392 g/mol. The van der Waals surface area contributed by atoms with Gasteiger partial charge < -0.3 is 5.32 Å². The maximum absolute atomic E-state index is 11.0. The highest BCUT2D eigenvalue weighted by atomic mass is 32.1. The zero-order valence-electron chi connectivity index (χ0n) is 15.8. The van der Waals surface area contributed by atoms with Crippen LogP contribution in [0.3, 0.4) is 0 Å². The molecule has 10 nitrogen and oxygen atoms in total. The Morgan fingerprint density at radius 1 is 1.21 bits per heavy atom. The molecule has 0 bridgehead atoms. The van der Waals surface area contributed by atoms with Crippen LogP contribution in [0.25, 0.3) is 0 Å². The number of nitrogens with one attached hydrogen (secondary N) is 1. The number of hydrogen-bond acceptors (Lipinski definition) is 8. The van der Waals surface area contributed by atoms with Crippen molar-refractivity contribution in [1.29, 1.82) is 0 Å². The zero-order chi connectivity index (χ0) is 20.4. The Morgan fingerprint density at radius 2 is 2.00 bits per heavy atom. The molecule has 3 heterocycles. The van der Waals surface area contributed by atoms with Gasteiger partial charge in [0.2, 0.25) is 5.13 Å². The van der Waals surface area contributed by atoms with Gasteiger partial charge in [-0.2, -0.15) is 10.2 Å². The maximum Gasteiger partial charge on any atom is 0.309 e. The van der Waals surface area contributed by atoms with Gasteiger partial charge in [0.15, 0.2) is 5.82 Å². The molecule has 29 heavy (non-hydrogen) atoms. The van der Waals surface area contributed by atoms with Gasteiger partial charge in [0.25, 0.3) is 0 Å². The number of benzene rings is 1. The topological polar surface area (TPSA) is 117 Å². The molecule has 0 radical (unpaired) electrons. The standard InChI is InChI=1S/C18H18N8O2S/c1-12-15(26(27)28)11-25(22-12)13(2)17-20-21-18(29-17)19-16-8-9-24(23-16)10-14-6-4-3-5-7-14/h3-9,11,13H,10H2,1-2H3,(H,19,21,23)/t13-/m0/s1. The van der Waals surface area contributed by atoms with Crippen LogP contribution in [0.1, 0.15) is 29.2 Å². The van der Waals surface area contributed by atoms with Gasteiger partial charge in [-0.1, -0.05) is 41.7 Å². The Hall–Kier alpha value is -3.60. The van der Waals surface area contributed by atoms with Crippen LogP contribution in [0, 0.1) is 17.0 Å². The van der Waals surface area contributed by atoms with Crippen molar-refractivity contribution in [3.63, 3.8) is 0 Å². The van der Waals surface area contributed by atoms with Crippen molar-refractivity contribution in [2.24, 2.45) is 0 Å². The van der Waals surface area contributed by atoms with E-state index in [1.807, 2.05) is 42.1 Å². The molecule has 4 rings (SSSR count). The van der Waals surface area contributed by atoms with Gasteiger partial charge in [-0.3, -0.25) is 19.5 Å². The van der Waals surface area contributed by atoms with Gasteiger partial charge in [0.1, 0.15) is 22.9 Å². The number of rotatable bonds is 7. The molecule has 0 unspecified atom stereocenters. The smallest absolute Gasteiger partial charge is 0.309 e. The molecule has 1 atom stereocenters. The van der Waals surface area contributed by atoms with Crippen LogP contribution in [0.2, 0.25) is 0 Å². The van der Waals surface area contributed by atoms with Gasteiger partial charge in [-0.05, 0) is 19.4 Å². The lowest BCUT2D eigenvalue weighted by Crippen LogP contribution is -2.07. The summed E-state index contributed by atoms with van der Waals surface area (Å²) in [5.41, 5.74) is 1.52. The molecule has 0 aliphatic carbocycles. The second kappa shape index (κ2) is 7.80. The lowest BCUT2D eigenvalue weighted by atomic mass is 10.2. The summed E-state index contributed by atoms with van der Waals surface area (Å²) in [5.74, 6) is 0.668. The molecule has 0 spiro atoms. The van der Waals surface area contributed by atoms with E-state index in [0.29, 0.717) is 28.2 Å². The predicted molar refractivity (Wildman–Crippen MR) is 108 cm³/mol. The van der Waals surface area contributed by atoms with Crippen molar-refractivity contribution in [3.05, 3.63) is 75.2 Å². The second-order valence-electron chi connectivity index (χ2n) is 6.47. The SMILES string of the molecule is Cc1nn([C@@H](C)c2nnc(Nc3ccn(Cc4ccccc4)n3)s2)cc1[N+](=O)[O-]. The fourth-order valence-electron chi connectivity index (χ4n) is 2.81. The Morgan fingerprint density at radius 3 is 2.72 bits per heavy atom. The summed E-state index contributed by atoms with van der Waals surface area (Å²) >= 11 is 1.35. The Labute approximate surface area is 170 Å². The van der Waals surface area contributed by atoms with E-state index in [1.54, 1.807) is 6.92 Å². The Bertz CT molecular complexity index is 1130. The number of hydrogen-bond donors (Lipinski definition) is 1. The van der Waals surface area contributed by atoms with Crippen molar-refractivity contribution < 1.29 is 4.92 Å². The fraction of sp³-hybridized carbons (Fsp3) is 0.222. The first kappa shape index (κ1) is 18.7. The average molecular weight is 410 g/mol. The van der Waals surface area contributed by atoms with Crippen molar-refractivity contribution >= 4 is 28.0 Å². The third kappa shape index (κ3) is 4.14. The van der Waals surface area contributed by atoms with Crippen LogP contribution in [-0.2, 0) is 6.54 Å². The number of anilines is 2. The predicted octanol–water partition coefficient (Wildman–Crippen LogP) is 3.55. The second-order valence-corrected chi connectivity index (χ2v) is 7.48. The summed E-state index contributed by atoms with van der Waals surface area (Å²) in [6.45, 7) is 4.16. The normalized spacial score (nSPS) is 12.1. The number of aryl methyl sites for hydroxylation is 1. The molecule has 0 aliphatic heterocycles. The molecule has 0 saturated carbocycles. The van der Waals surface area contributed by atoms with E-state index in [9.17, 15) is 10.1 Å². The van der Waals surface area contributed by atoms with Gasteiger partial charge >= 0.3 is 5.69 Å². The Balaban J connectivity index is 1.44. The molecule has 0 saturated heterocycles. The van der Waals surface area contributed by atoms with Crippen LogP contribution in [0.15, 0.2) is 48.8 Å². The molecule has 11 heteroatoms. The third-order valence-corrected chi connectivity index (χ3v) is 5.35. The summed E-state index contributed by atoms with van der Waals surface area (Å²) in [7, 11) is 0. The van der Waals surface area contributed by atoms with Crippen molar-refractivity contribution in [1.82, 2.24) is 29.8 Å². The number of nitro groups is 1. The Kier molecular flexibility index (Phi) is 5.04. The van der Waals surface area contributed by atoms with Crippen LogP contribution < -0.4 is 5.32 Å². The van der Waals surface area contributed by atoms with Crippen molar-refractivity contribution in [3.8, 4) is 0 Å². The van der Waals surface area contributed by atoms with Gasteiger partial charge in [0, 0.05) is 12.3 Å². The van der Waals surface area contributed by atoms with Gasteiger partial charge in [-0.25, -0.2) is 0 Å². The van der Waals surface area contributed by atoms with Crippen LogP contribution in [-0.4, -0.2) is 34.7 Å². The van der Waals surface area contributed by atoms with E-state index in [0.717, 1.165) is 5.56 Å². The molecule has 0 aliphatic rings. The van der Waals surface area contributed by atoms with E-state index in [2.05, 4.69) is 37.8 Å². The van der Waals surface area contributed by atoms with E-state index < -0.39 is 4.92 Å². The van der Waals surface area contributed by atoms with Crippen LogP contribution in [0.5, 0.6) is 0 Å². The molecular formula is C18H18N8O2S. The minimum atomic E-state index is -0.440. The summed E-state index contributed by atoms with van der Waals surface area (Å²) in [6.07, 6.45) is 3.31. The lowest BCUT2D eigenvalue weighted by Gasteiger charge is -2.06. The minimum absolute atomic E-state index is 0.0105. The van der Waals surface area contributed by atoms with Crippen LogP contribution in [0.4, 0.5) is 16.6 Å². The number of aromatic nitrogens is 6. The highest BCUT2D eigenvalue weighted by Crippen LogP contribution is 2.28. The number of nitrogens with zero attached hydrogens (tertiary/aromatic N) is 7. The molecule has 1 N–H and O–H groups in total. The minimum Gasteiger partial charge on any atom is -0.313 e. The quantitative estimate of drug-likeness (QED) is 0.366. The maximum atomic E-state index is 11.0. The monoisotopic (exact) mass is 410 g/mol. The molecule has 148 valence electrons. The fourth-order valence-corrected chi connectivity index (χ4v) is 3.61. The molecule has 3 aromatic heterocycles. The van der Waals surface area contributed by atoms with E-state index in [1.165, 1.54) is 22.2 Å². The van der Waals surface area contributed by atoms with E-state index >= 15 is 0 Å². The van der Waals surface area contributed by atoms with Crippen LogP contribution >= 0.6 is 11.3 Å². The highest BCUT2D eigenvalue weighted by molar-refractivity contribution is 7.15. The summed E-state index contributed by atoms with van der Waals surface area (Å²) in [5, 5.41) is 32.5. The first-order chi connectivity index (χ1) is 14.0. The van der Waals surface area contributed by atoms with E-state index in [-0.39, 0.29) is 11.7 Å². The largest absolute Gasteiger partial charge is 0.313 e. The molecule has 0 fully saturated rings. The van der Waals surface area contributed by atoms with Crippen molar-refractivity contribution in [2.45, 2.75) is 26.4 Å². The summed E-state index contributed by atoms with van der Waals surface area (Å²) in [6, 6.07) is 11.7. The molecule has 4 aromatic rings. The van der Waals surface area contributed by atoms with E-state index in [4.69, 9.17) is 0 Å². The lowest BCUT2D eigenvalue weighted by molar-refractivity contribution is -0.385. The summed E-state index contributed by atoms with van der Waals surface area (Å²) in [4.78, 5) is 10.6. The first-order valence-electron chi connectivity index (χ1n) is 8.87. The summed E-state index contributed by atoms with van der Waals surface area (Å²) < 4.78 is 3.38. The molecule has 0 amide bonds. The third-order valence-electron chi connectivity index (χ3n) is 4.35. The van der Waals surface area contributed by atoms with Crippen molar-refractivity contribution in [2.75, 3.05) is 5.32 Å².